The second-order valence-corrected chi connectivity index (χ2v) is 4.22. The van der Waals surface area contributed by atoms with E-state index in [2.05, 4.69) is 20.4 Å². The van der Waals surface area contributed by atoms with E-state index in [0.717, 1.165) is 32.8 Å². The van der Waals surface area contributed by atoms with Gasteiger partial charge >= 0.3 is 0 Å². The summed E-state index contributed by atoms with van der Waals surface area (Å²) < 4.78 is 5.46. The largest absolute Gasteiger partial charge is 0.378 e. The first-order valence-electron chi connectivity index (χ1n) is 5.47. The van der Waals surface area contributed by atoms with Crippen molar-refractivity contribution < 1.29 is 4.74 Å². The van der Waals surface area contributed by atoms with Gasteiger partial charge in [0.2, 0.25) is 0 Å². The van der Waals surface area contributed by atoms with Crippen LogP contribution in [0.4, 0.5) is 0 Å². The summed E-state index contributed by atoms with van der Waals surface area (Å²) in [6, 6.07) is 0.972. The first-order chi connectivity index (χ1) is 7.43. The highest BCUT2D eigenvalue weighted by Crippen LogP contribution is 2.20. The predicted molar refractivity (Wildman–Crippen MR) is 55.5 cm³/mol. The van der Waals surface area contributed by atoms with Crippen LogP contribution in [0.1, 0.15) is 11.6 Å². The Labute approximate surface area is 88.8 Å². The van der Waals surface area contributed by atoms with Crippen LogP contribution in [0.25, 0.3) is 0 Å². The quantitative estimate of drug-likeness (QED) is 0.668. The number of nitrogens with zero attached hydrogens (tertiary/aromatic N) is 2. The summed E-state index contributed by atoms with van der Waals surface area (Å²) in [5.74, 6) is 0. The maximum atomic E-state index is 5.46. The maximum Gasteiger partial charge on any atom is 0.0634 e. The molecule has 2 fully saturated rings. The summed E-state index contributed by atoms with van der Waals surface area (Å²) >= 11 is 0. The highest BCUT2D eigenvalue weighted by atomic mass is 16.5. The fraction of sp³-hybridized carbons (Fsp3) is 0.700. The summed E-state index contributed by atoms with van der Waals surface area (Å²) in [6.07, 6.45) is 3.87. The molecular weight excluding hydrogens is 192 g/mol. The standard InChI is InChI=1S/C10H16N4O/c1-2-15-7-9-5-11-10(6-14(1)9)8-3-12-13-4-8/h3-4,9-11H,1-2,5-7H2,(H,12,13). The van der Waals surface area contributed by atoms with Gasteiger partial charge in [-0.25, -0.2) is 0 Å². The number of aromatic amines is 1. The van der Waals surface area contributed by atoms with Crippen molar-refractivity contribution in [3.05, 3.63) is 18.0 Å². The minimum Gasteiger partial charge on any atom is -0.378 e. The topological polar surface area (TPSA) is 53.2 Å². The first-order valence-corrected chi connectivity index (χ1v) is 5.47. The molecule has 2 unspecified atom stereocenters. The summed E-state index contributed by atoms with van der Waals surface area (Å²) in [5.41, 5.74) is 1.25. The molecule has 3 rings (SSSR count). The number of hydrogen-bond acceptors (Lipinski definition) is 4. The van der Waals surface area contributed by atoms with Crippen LogP contribution < -0.4 is 5.32 Å². The molecule has 3 heterocycles. The molecule has 15 heavy (non-hydrogen) atoms. The van der Waals surface area contributed by atoms with Crippen molar-refractivity contribution in [1.82, 2.24) is 20.4 Å². The number of ether oxygens (including phenoxy) is 1. The van der Waals surface area contributed by atoms with E-state index in [9.17, 15) is 0 Å². The number of hydrogen-bond donors (Lipinski definition) is 2. The lowest BCUT2D eigenvalue weighted by Gasteiger charge is -2.42. The van der Waals surface area contributed by atoms with E-state index in [0.29, 0.717) is 12.1 Å². The van der Waals surface area contributed by atoms with E-state index in [1.165, 1.54) is 5.56 Å². The Morgan fingerprint density at radius 2 is 2.53 bits per heavy atom. The van der Waals surface area contributed by atoms with Crippen molar-refractivity contribution in [3.63, 3.8) is 0 Å². The Kier molecular flexibility index (Phi) is 2.44. The lowest BCUT2D eigenvalue weighted by molar-refractivity contribution is -0.0263. The van der Waals surface area contributed by atoms with Crippen LogP contribution in [0.15, 0.2) is 12.4 Å². The van der Waals surface area contributed by atoms with Crippen molar-refractivity contribution in [2.24, 2.45) is 0 Å². The molecule has 2 aliphatic rings. The SMILES string of the molecule is c1n[nH]cc1C1CN2CCOCC2CN1. The Morgan fingerprint density at radius 1 is 1.53 bits per heavy atom. The average molecular weight is 208 g/mol. The second kappa shape index (κ2) is 3.92. The number of piperazine rings is 1. The fourth-order valence-electron chi connectivity index (χ4n) is 2.37. The van der Waals surface area contributed by atoms with Crippen LogP contribution in [0.5, 0.6) is 0 Å². The molecule has 1 aromatic heterocycles. The molecule has 2 saturated heterocycles. The zero-order chi connectivity index (χ0) is 10.1. The van der Waals surface area contributed by atoms with Gasteiger partial charge in [0.15, 0.2) is 0 Å². The molecular formula is C10H16N4O. The molecule has 0 spiro atoms. The van der Waals surface area contributed by atoms with Crippen LogP contribution in [-0.4, -0.2) is 54.0 Å². The third-order valence-corrected chi connectivity index (χ3v) is 3.29. The van der Waals surface area contributed by atoms with Crippen LogP contribution in [-0.2, 0) is 4.74 Å². The molecule has 0 saturated carbocycles. The predicted octanol–water partition coefficient (Wildman–Crippen LogP) is -0.245. The van der Waals surface area contributed by atoms with Crippen molar-refractivity contribution in [2.75, 3.05) is 32.8 Å². The second-order valence-electron chi connectivity index (χ2n) is 4.22. The monoisotopic (exact) mass is 208 g/mol. The molecule has 0 radical (unpaired) electrons. The minimum atomic E-state index is 0.415. The lowest BCUT2D eigenvalue weighted by Crippen LogP contribution is -2.57. The van der Waals surface area contributed by atoms with Gasteiger partial charge in [0.1, 0.15) is 0 Å². The van der Waals surface area contributed by atoms with Crippen molar-refractivity contribution in [2.45, 2.75) is 12.1 Å². The Balaban J connectivity index is 1.70. The summed E-state index contributed by atoms with van der Waals surface area (Å²) in [7, 11) is 0. The van der Waals surface area contributed by atoms with Crippen molar-refractivity contribution in [3.8, 4) is 0 Å². The van der Waals surface area contributed by atoms with Crippen LogP contribution >= 0.6 is 0 Å². The van der Waals surface area contributed by atoms with Gasteiger partial charge in [-0.1, -0.05) is 0 Å². The van der Waals surface area contributed by atoms with E-state index in [1.807, 2.05) is 12.4 Å². The molecule has 5 nitrogen and oxygen atoms in total. The average Bonchev–Trinajstić information content (AvgIpc) is 2.82. The smallest absolute Gasteiger partial charge is 0.0634 e. The highest BCUT2D eigenvalue weighted by molar-refractivity contribution is 5.11. The molecule has 0 bridgehead atoms. The number of fused-ring (bicyclic) bond motifs is 1. The molecule has 1 aromatic rings. The summed E-state index contributed by atoms with van der Waals surface area (Å²) in [4.78, 5) is 2.51. The van der Waals surface area contributed by atoms with E-state index >= 15 is 0 Å². The third-order valence-electron chi connectivity index (χ3n) is 3.29. The first kappa shape index (κ1) is 9.33. The summed E-state index contributed by atoms with van der Waals surface area (Å²) in [6.45, 7) is 4.86. The molecule has 2 aliphatic heterocycles. The molecule has 82 valence electrons. The normalized spacial score (nSPS) is 32.5. The zero-order valence-electron chi connectivity index (χ0n) is 8.65. The Bertz CT molecular complexity index is 313. The number of rotatable bonds is 1. The van der Waals surface area contributed by atoms with Crippen molar-refractivity contribution in [1.29, 1.82) is 0 Å². The van der Waals surface area contributed by atoms with Gasteiger partial charge in [-0.2, -0.15) is 5.10 Å². The van der Waals surface area contributed by atoms with Crippen molar-refractivity contribution >= 4 is 0 Å². The molecule has 0 aromatic carbocycles. The number of morpholine rings is 1. The van der Waals surface area contributed by atoms with E-state index < -0.39 is 0 Å². The Hall–Kier alpha value is -0.910. The van der Waals surface area contributed by atoms with E-state index in [-0.39, 0.29) is 0 Å². The minimum absolute atomic E-state index is 0.415. The van der Waals surface area contributed by atoms with Gasteiger partial charge in [-0.15, -0.1) is 0 Å². The van der Waals surface area contributed by atoms with Gasteiger partial charge in [-0.3, -0.25) is 10.00 Å². The van der Waals surface area contributed by atoms with Gasteiger partial charge in [0.25, 0.3) is 0 Å². The molecule has 2 N–H and O–H groups in total. The molecule has 0 amide bonds. The van der Waals surface area contributed by atoms with Crippen LogP contribution in [0.2, 0.25) is 0 Å². The van der Waals surface area contributed by atoms with Gasteiger partial charge in [-0.05, 0) is 0 Å². The summed E-state index contributed by atoms with van der Waals surface area (Å²) in [5, 5.41) is 10.4. The fourth-order valence-corrected chi connectivity index (χ4v) is 2.37. The third kappa shape index (κ3) is 1.78. The zero-order valence-corrected chi connectivity index (χ0v) is 8.65. The number of H-pyrrole nitrogens is 1. The van der Waals surface area contributed by atoms with Gasteiger partial charge in [0, 0.05) is 43.5 Å². The highest BCUT2D eigenvalue weighted by Gasteiger charge is 2.30. The van der Waals surface area contributed by atoms with Gasteiger partial charge < -0.3 is 10.1 Å². The van der Waals surface area contributed by atoms with Crippen LogP contribution in [0, 0.1) is 0 Å². The Morgan fingerprint density at radius 3 is 3.40 bits per heavy atom. The van der Waals surface area contributed by atoms with Gasteiger partial charge in [0.05, 0.1) is 19.4 Å². The molecule has 5 heteroatoms. The molecule has 0 aliphatic carbocycles. The maximum absolute atomic E-state index is 5.46. The lowest BCUT2D eigenvalue weighted by atomic mass is 10.0. The van der Waals surface area contributed by atoms with E-state index in [1.54, 1.807) is 0 Å². The van der Waals surface area contributed by atoms with E-state index in [4.69, 9.17) is 4.74 Å². The number of nitrogens with one attached hydrogen (secondary N) is 2. The molecule has 2 atom stereocenters. The van der Waals surface area contributed by atoms with Crippen LogP contribution in [0.3, 0.4) is 0 Å². The number of aromatic nitrogens is 2.